The molecule has 6 heteroatoms. The SMILES string of the molecule is CCOC(=O)c1oc(-c2ccc(Cl)c(Cl)c2)nc1C. The molecule has 0 aliphatic heterocycles. The molecule has 0 spiro atoms. The third kappa shape index (κ3) is 2.91. The Morgan fingerprint density at radius 3 is 2.74 bits per heavy atom. The minimum atomic E-state index is -0.529. The summed E-state index contributed by atoms with van der Waals surface area (Å²) in [6.45, 7) is 3.68. The van der Waals surface area contributed by atoms with Crippen molar-refractivity contribution in [2.45, 2.75) is 13.8 Å². The number of aryl methyl sites for hydroxylation is 1. The van der Waals surface area contributed by atoms with Gasteiger partial charge in [-0.1, -0.05) is 23.2 Å². The predicted molar refractivity (Wildman–Crippen MR) is 72.7 cm³/mol. The predicted octanol–water partition coefficient (Wildman–Crippen LogP) is 4.13. The summed E-state index contributed by atoms with van der Waals surface area (Å²) in [5.41, 5.74) is 1.12. The molecule has 0 aliphatic carbocycles. The summed E-state index contributed by atoms with van der Waals surface area (Å²) in [6.07, 6.45) is 0. The van der Waals surface area contributed by atoms with Crippen molar-refractivity contribution in [3.05, 3.63) is 39.7 Å². The molecular weight excluding hydrogens is 289 g/mol. The van der Waals surface area contributed by atoms with Crippen LogP contribution < -0.4 is 0 Å². The first-order valence-corrected chi connectivity index (χ1v) is 6.38. The van der Waals surface area contributed by atoms with Crippen LogP contribution in [0.4, 0.5) is 0 Å². The number of oxazole rings is 1. The van der Waals surface area contributed by atoms with E-state index in [1.165, 1.54) is 0 Å². The third-order valence-electron chi connectivity index (χ3n) is 2.42. The van der Waals surface area contributed by atoms with Gasteiger partial charge in [-0.05, 0) is 32.0 Å². The van der Waals surface area contributed by atoms with Gasteiger partial charge < -0.3 is 9.15 Å². The van der Waals surface area contributed by atoms with E-state index in [4.69, 9.17) is 32.4 Å². The zero-order valence-corrected chi connectivity index (χ0v) is 11.9. The summed E-state index contributed by atoms with van der Waals surface area (Å²) in [4.78, 5) is 15.8. The summed E-state index contributed by atoms with van der Waals surface area (Å²) >= 11 is 11.8. The molecule has 100 valence electrons. The lowest BCUT2D eigenvalue weighted by molar-refractivity contribution is 0.0490. The summed E-state index contributed by atoms with van der Waals surface area (Å²) in [6, 6.07) is 4.99. The number of hydrogen-bond donors (Lipinski definition) is 0. The maximum atomic E-state index is 11.6. The second-order valence-electron chi connectivity index (χ2n) is 3.78. The van der Waals surface area contributed by atoms with Crippen molar-refractivity contribution in [3.63, 3.8) is 0 Å². The summed E-state index contributed by atoms with van der Waals surface area (Å²) in [5.74, 6) is -0.124. The monoisotopic (exact) mass is 299 g/mol. The molecule has 1 aromatic carbocycles. The number of rotatable bonds is 3. The average molecular weight is 300 g/mol. The van der Waals surface area contributed by atoms with E-state index in [0.717, 1.165) is 0 Å². The zero-order chi connectivity index (χ0) is 14.0. The van der Waals surface area contributed by atoms with E-state index in [9.17, 15) is 4.79 Å². The lowest BCUT2D eigenvalue weighted by atomic mass is 10.2. The Morgan fingerprint density at radius 1 is 1.37 bits per heavy atom. The molecule has 1 aromatic heterocycles. The van der Waals surface area contributed by atoms with Crippen LogP contribution >= 0.6 is 23.2 Å². The number of hydrogen-bond acceptors (Lipinski definition) is 4. The van der Waals surface area contributed by atoms with E-state index in [0.29, 0.717) is 27.2 Å². The van der Waals surface area contributed by atoms with Crippen molar-refractivity contribution in [1.82, 2.24) is 4.98 Å². The minimum absolute atomic E-state index is 0.0999. The fourth-order valence-electron chi connectivity index (χ4n) is 1.54. The highest BCUT2D eigenvalue weighted by molar-refractivity contribution is 6.42. The van der Waals surface area contributed by atoms with Crippen molar-refractivity contribution in [2.24, 2.45) is 0 Å². The molecule has 0 radical (unpaired) electrons. The first-order valence-electron chi connectivity index (χ1n) is 5.63. The van der Waals surface area contributed by atoms with E-state index in [1.807, 2.05) is 0 Å². The molecule has 19 heavy (non-hydrogen) atoms. The number of halogens is 2. The lowest BCUT2D eigenvalue weighted by Crippen LogP contribution is -2.04. The van der Waals surface area contributed by atoms with Gasteiger partial charge in [-0.2, -0.15) is 0 Å². The number of esters is 1. The molecule has 0 bridgehead atoms. The largest absolute Gasteiger partial charge is 0.460 e. The zero-order valence-electron chi connectivity index (χ0n) is 10.4. The maximum Gasteiger partial charge on any atom is 0.376 e. The molecule has 0 saturated heterocycles. The number of ether oxygens (including phenoxy) is 1. The molecular formula is C13H11Cl2NO3. The fourth-order valence-corrected chi connectivity index (χ4v) is 1.83. The van der Waals surface area contributed by atoms with Crippen LogP contribution in [0.3, 0.4) is 0 Å². The van der Waals surface area contributed by atoms with E-state index in [2.05, 4.69) is 4.98 Å². The second-order valence-corrected chi connectivity index (χ2v) is 4.60. The smallest absolute Gasteiger partial charge is 0.376 e. The Labute approximate surface area is 120 Å². The topological polar surface area (TPSA) is 52.3 Å². The minimum Gasteiger partial charge on any atom is -0.460 e. The number of aromatic nitrogens is 1. The summed E-state index contributed by atoms with van der Waals surface area (Å²) in [5, 5.41) is 0.840. The molecule has 0 aliphatic rings. The Morgan fingerprint density at radius 2 is 2.11 bits per heavy atom. The van der Waals surface area contributed by atoms with Gasteiger partial charge in [0.05, 0.1) is 22.3 Å². The molecule has 0 N–H and O–H groups in total. The van der Waals surface area contributed by atoms with Crippen LogP contribution in [-0.4, -0.2) is 17.6 Å². The highest BCUT2D eigenvalue weighted by Crippen LogP contribution is 2.29. The molecule has 0 atom stereocenters. The van der Waals surface area contributed by atoms with Crippen molar-refractivity contribution in [3.8, 4) is 11.5 Å². The lowest BCUT2D eigenvalue weighted by Gasteiger charge is -1.99. The van der Waals surface area contributed by atoms with Gasteiger partial charge in [0.2, 0.25) is 11.7 Å². The van der Waals surface area contributed by atoms with Crippen LogP contribution in [-0.2, 0) is 4.74 Å². The van der Waals surface area contributed by atoms with Gasteiger partial charge in [0.1, 0.15) is 0 Å². The number of carbonyl (C=O) groups excluding carboxylic acids is 1. The van der Waals surface area contributed by atoms with Crippen molar-refractivity contribution < 1.29 is 13.9 Å². The van der Waals surface area contributed by atoms with Crippen molar-refractivity contribution >= 4 is 29.2 Å². The van der Waals surface area contributed by atoms with E-state index >= 15 is 0 Å². The summed E-state index contributed by atoms with van der Waals surface area (Å²) in [7, 11) is 0. The first-order chi connectivity index (χ1) is 9.02. The van der Waals surface area contributed by atoms with Crippen molar-refractivity contribution in [2.75, 3.05) is 6.61 Å². The van der Waals surface area contributed by atoms with Crippen LogP contribution in [0, 0.1) is 6.92 Å². The van der Waals surface area contributed by atoms with Gasteiger partial charge in [-0.15, -0.1) is 0 Å². The molecule has 2 rings (SSSR count). The van der Waals surface area contributed by atoms with Gasteiger partial charge in [0.25, 0.3) is 0 Å². The Kier molecular flexibility index (Phi) is 4.12. The first kappa shape index (κ1) is 13.9. The van der Waals surface area contributed by atoms with Gasteiger partial charge >= 0.3 is 5.97 Å². The second kappa shape index (κ2) is 5.63. The quantitative estimate of drug-likeness (QED) is 0.800. The third-order valence-corrected chi connectivity index (χ3v) is 3.16. The van der Waals surface area contributed by atoms with Crippen LogP contribution in [0.15, 0.2) is 22.6 Å². The highest BCUT2D eigenvalue weighted by atomic mass is 35.5. The van der Waals surface area contributed by atoms with Crippen LogP contribution in [0.1, 0.15) is 23.2 Å². The Bertz CT molecular complexity index is 622. The van der Waals surface area contributed by atoms with E-state index in [1.54, 1.807) is 32.0 Å². The van der Waals surface area contributed by atoms with Crippen LogP contribution in [0.2, 0.25) is 10.0 Å². The fraction of sp³-hybridized carbons (Fsp3) is 0.231. The molecule has 0 saturated carbocycles. The van der Waals surface area contributed by atoms with Crippen LogP contribution in [0.5, 0.6) is 0 Å². The number of carbonyl (C=O) groups is 1. The van der Waals surface area contributed by atoms with Gasteiger partial charge in [-0.3, -0.25) is 0 Å². The van der Waals surface area contributed by atoms with Gasteiger partial charge in [0, 0.05) is 5.56 Å². The Hall–Kier alpha value is -1.52. The summed E-state index contributed by atoms with van der Waals surface area (Å²) < 4.78 is 10.3. The molecule has 0 fully saturated rings. The normalized spacial score (nSPS) is 10.5. The van der Waals surface area contributed by atoms with Crippen molar-refractivity contribution in [1.29, 1.82) is 0 Å². The molecule has 4 nitrogen and oxygen atoms in total. The van der Waals surface area contributed by atoms with Crippen LogP contribution in [0.25, 0.3) is 11.5 Å². The van der Waals surface area contributed by atoms with E-state index in [-0.39, 0.29) is 12.4 Å². The molecule has 2 aromatic rings. The highest BCUT2D eigenvalue weighted by Gasteiger charge is 2.19. The molecule has 0 amide bonds. The number of nitrogens with zero attached hydrogens (tertiary/aromatic N) is 1. The molecule has 1 heterocycles. The average Bonchev–Trinajstić information content (AvgIpc) is 2.75. The molecule has 0 unspecified atom stereocenters. The maximum absolute atomic E-state index is 11.6. The standard InChI is InChI=1S/C13H11Cl2NO3/c1-3-18-13(17)11-7(2)16-12(19-11)8-4-5-9(14)10(15)6-8/h4-6H,3H2,1-2H3. The van der Waals surface area contributed by atoms with Gasteiger partial charge in [0.15, 0.2) is 0 Å². The number of benzene rings is 1. The van der Waals surface area contributed by atoms with E-state index < -0.39 is 5.97 Å². The van der Waals surface area contributed by atoms with Gasteiger partial charge in [-0.25, -0.2) is 9.78 Å². The Balaban J connectivity index is 2.38.